The molecule has 1 aliphatic heterocycles. The zero-order valence-electron chi connectivity index (χ0n) is 11.6. The van der Waals surface area contributed by atoms with Crippen molar-refractivity contribution < 1.29 is 17.5 Å². The molecule has 1 aromatic carbocycles. The van der Waals surface area contributed by atoms with Gasteiger partial charge < -0.3 is 10.5 Å². The molecular weight excluding hydrogens is 283 g/mol. The van der Waals surface area contributed by atoms with Gasteiger partial charge in [0.25, 0.3) is 0 Å². The Labute approximate surface area is 118 Å². The van der Waals surface area contributed by atoms with Crippen LogP contribution < -0.4 is 10.5 Å². The van der Waals surface area contributed by atoms with Gasteiger partial charge in [-0.1, -0.05) is 0 Å². The molecule has 1 aromatic rings. The molecule has 7 heteroatoms. The van der Waals surface area contributed by atoms with Crippen LogP contribution >= 0.6 is 0 Å². The molecule has 112 valence electrons. The Kier molecular flexibility index (Phi) is 4.31. The van der Waals surface area contributed by atoms with E-state index in [1.165, 1.54) is 30.5 Å². The highest BCUT2D eigenvalue weighted by atomic mass is 32.2. The number of hydrogen-bond donors (Lipinski definition) is 1. The number of piperidine rings is 1. The third-order valence-corrected chi connectivity index (χ3v) is 5.68. The summed E-state index contributed by atoms with van der Waals surface area (Å²) < 4.78 is 45.3. The first-order valence-corrected chi connectivity index (χ1v) is 7.90. The Morgan fingerprint density at radius 3 is 2.50 bits per heavy atom. The average Bonchev–Trinajstić information content (AvgIpc) is 2.42. The fourth-order valence-electron chi connectivity index (χ4n) is 2.33. The summed E-state index contributed by atoms with van der Waals surface area (Å²) in [6.07, 6.45) is 1.24. The van der Waals surface area contributed by atoms with Gasteiger partial charge in [-0.2, -0.15) is 4.31 Å². The highest BCUT2D eigenvalue weighted by Gasteiger charge is 2.30. The number of nitrogens with zero attached hydrogens (tertiary/aromatic N) is 1. The van der Waals surface area contributed by atoms with E-state index in [1.807, 2.05) is 0 Å². The average molecular weight is 302 g/mol. The van der Waals surface area contributed by atoms with E-state index >= 15 is 0 Å². The Bertz CT molecular complexity index is 596. The number of rotatable bonds is 3. The maximum atomic E-state index is 14.0. The van der Waals surface area contributed by atoms with E-state index < -0.39 is 15.8 Å². The summed E-state index contributed by atoms with van der Waals surface area (Å²) in [6, 6.07) is 2.77. The lowest BCUT2D eigenvalue weighted by molar-refractivity contribution is 0.319. The van der Waals surface area contributed by atoms with Gasteiger partial charge in [-0.05, 0) is 31.9 Å². The SMILES string of the molecule is COc1ccc(S(=O)(=O)N2CCC(N)CC2)c(C)c1F. The van der Waals surface area contributed by atoms with E-state index in [4.69, 9.17) is 10.5 Å². The number of nitrogens with two attached hydrogens (primary N) is 1. The van der Waals surface area contributed by atoms with Crippen LogP contribution in [0.15, 0.2) is 17.0 Å². The van der Waals surface area contributed by atoms with Gasteiger partial charge in [0.05, 0.1) is 12.0 Å². The van der Waals surface area contributed by atoms with E-state index in [0.717, 1.165) is 0 Å². The van der Waals surface area contributed by atoms with Crippen LogP contribution in [-0.2, 0) is 10.0 Å². The maximum Gasteiger partial charge on any atom is 0.243 e. The van der Waals surface area contributed by atoms with E-state index in [0.29, 0.717) is 25.9 Å². The van der Waals surface area contributed by atoms with Crippen LogP contribution in [0.4, 0.5) is 4.39 Å². The topological polar surface area (TPSA) is 72.6 Å². The molecule has 0 unspecified atom stereocenters. The Morgan fingerprint density at radius 2 is 1.95 bits per heavy atom. The normalized spacial score (nSPS) is 18.2. The van der Waals surface area contributed by atoms with Gasteiger partial charge >= 0.3 is 0 Å². The fraction of sp³-hybridized carbons (Fsp3) is 0.538. The number of hydrogen-bond acceptors (Lipinski definition) is 4. The van der Waals surface area contributed by atoms with Gasteiger partial charge in [-0.15, -0.1) is 0 Å². The molecule has 0 atom stereocenters. The summed E-state index contributed by atoms with van der Waals surface area (Å²) >= 11 is 0. The molecule has 0 bridgehead atoms. The van der Waals surface area contributed by atoms with Crippen molar-refractivity contribution in [3.63, 3.8) is 0 Å². The van der Waals surface area contributed by atoms with Gasteiger partial charge in [-0.3, -0.25) is 0 Å². The first-order valence-electron chi connectivity index (χ1n) is 6.46. The Hall–Kier alpha value is -1.18. The van der Waals surface area contributed by atoms with Crippen LogP contribution in [0.25, 0.3) is 0 Å². The monoisotopic (exact) mass is 302 g/mol. The van der Waals surface area contributed by atoms with Crippen molar-refractivity contribution in [1.82, 2.24) is 4.31 Å². The molecule has 1 fully saturated rings. The highest BCUT2D eigenvalue weighted by molar-refractivity contribution is 7.89. The third kappa shape index (κ3) is 2.65. The minimum Gasteiger partial charge on any atom is -0.494 e. The summed E-state index contributed by atoms with van der Waals surface area (Å²) in [4.78, 5) is -0.00808. The van der Waals surface area contributed by atoms with Crippen LogP contribution in [0.3, 0.4) is 0 Å². The highest BCUT2D eigenvalue weighted by Crippen LogP contribution is 2.29. The predicted octanol–water partition coefficient (Wildman–Crippen LogP) is 1.25. The molecule has 5 nitrogen and oxygen atoms in total. The lowest BCUT2D eigenvalue weighted by Gasteiger charge is -2.29. The summed E-state index contributed by atoms with van der Waals surface area (Å²) in [5.74, 6) is -0.593. The van der Waals surface area contributed by atoms with E-state index in [1.54, 1.807) is 0 Å². The molecule has 20 heavy (non-hydrogen) atoms. The fourth-order valence-corrected chi connectivity index (χ4v) is 4.02. The molecule has 1 heterocycles. The second-order valence-corrected chi connectivity index (χ2v) is 6.85. The van der Waals surface area contributed by atoms with Crippen LogP contribution in [0.2, 0.25) is 0 Å². The summed E-state index contributed by atoms with van der Waals surface area (Å²) in [6.45, 7) is 2.19. The number of halogens is 1. The standard InChI is InChI=1S/C13H19FN2O3S/c1-9-12(4-3-11(19-2)13(9)14)20(17,18)16-7-5-10(15)6-8-16/h3-4,10H,5-8,15H2,1-2H3. The molecule has 0 aliphatic carbocycles. The predicted molar refractivity (Wildman–Crippen MR) is 73.7 cm³/mol. The molecule has 0 amide bonds. The number of methoxy groups -OCH3 is 1. The number of ether oxygens (including phenoxy) is 1. The second kappa shape index (κ2) is 5.67. The first-order chi connectivity index (χ1) is 9.37. The zero-order chi connectivity index (χ0) is 14.9. The van der Waals surface area contributed by atoms with Crippen LogP contribution in [0.5, 0.6) is 5.75 Å². The van der Waals surface area contributed by atoms with Crippen molar-refractivity contribution in [1.29, 1.82) is 0 Å². The van der Waals surface area contributed by atoms with Crippen molar-refractivity contribution in [3.8, 4) is 5.75 Å². The smallest absolute Gasteiger partial charge is 0.243 e. The Balaban J connectivity index is 2.37. The van der Waals surface area contributed by atoms with Gasteiger partial charge in [0, 0.05) is 24.7 Å². The van der Waals surface area contributed by atoms with Crippen molar-refractivity contribution in [2.24, 2.45) is 5.73 Å². The van der Waals surface area contributed by atoms with Crippen molar-refractivity contribution in [2.75, 3.05) is 20.2 Å². The molecule has 2 N–H and O–H groups in total. The summed E-state index contributed by atoms with van der Waals surface area (Å²) in [7, 11) is -2.34. The van der Waals surface area contributed by atoms with Crippen LogP contribution in [0, 0.1) is 12.7 Å². The van der Waals surface area contributed by atoms with Crippen molar-refractivity contribution in [2.45, 2.75) is 30.7 Å². The van der Waals surface area contributed by atoms with Gasteiger partial charge in [0.2, 0.25) is 10.0 Å². The quantitative estimate of drug-likeness (QED) is 0.912. The Morgan fingerprint density at radius 1 is 1.35 bits per heavy atom. The molecule has 1 aliphatic rings. The van der Waals surface area contributed by atoms with Crippen LogP contribution in [-0.4, -0.2) is 39.0 Å². The molecule has 0 aromatic heterocycles. The molecule has 0 radical (unpaired) electrons. The van der Waals surface area contributed by atoms with Gasteiger partial charge in [0.15, 0.2) is 11.6 Å². The van der Waals surface area contributed by atoms with Gasteiger partial charge in [-0.25, -0.2) is 12.8 Å². The number of sulfonamides is 1. The summed E-state index contributed by atoms with van der Waals surface area (Å²) in [5.41, 5.74) is 5.86. The van der Waals surface area contributed by atoms with Crippen LogP contribution in [0.1, 0.15) is 18.4 Å². The van der Waals surface area contributed by atoms with E-state index in [-0.39, 0.29) is 22.3 Å². The third-order valence-electron chi connectivity index (χ3n) is 3.64. The first kappa shape index (κ1) is 15.2. The minimum atomic E-state index is -3.68. The summed E-state index contributed by atoms with van der Waals surface area (Å²) in [5, 5.41) is 0. The zero-order valence-corrected chi connectivity index (χ0v) is 12.4. The molecule has 2 rings (SSSR count). The molecule has 1 saturated heterocycles. The lowest BCUT2D eigenvalue weighted by Crippen LogP contribution is -2.42. The second-order valence-electron chi connectivity index (χ2n) is 4.95. The minimum absolute atomic E-state index is 0.00808. The van der Waals surface area contributed by atoms with E-state index in [2.05, 4.69) is 0 Å². The van der Waals surface area contributed by atoms with E-state index in [9.17, 15) is 12.8 Å². The van der Waals surface area contributed by atoms with Crippen molar-refractivity contribution >= 4 is 10.0 Å². The lowest BCUT2D eigenvalue weighted by atomic mass is 10.1. The van der Waals surface area contributed by atoms with Crippen molar-refractivity contribution in [3.05, 3.63) is 23.5 Å². The largest absolute Gasteiger partial charge is 0.494 e. The maximum absolute atomic E-state index is 14.0. The molecular formula is C13H19FN2O3S. The number of benzene rings is 1. The molecule has 0 spiro atoms. The molecule has 0 saturated carbocycles. The van der Waals surface area contributed by atoms with Gasteiger partial charge in [0.1, 0.15) is 0 Å².